The van der Waals surface area contributed by atoms with Gasteiger partial charge >= 0.3 is 0 Å². The number of piperazine rings is 1. The van der Waals surface area contributed by atoms with Crippen LogP contribution in [0, 0.1) is 13.8 Å². The maximum atomic E-state index is 13.1. The Morgan fingerprint density at radius 3 is 2.56 bits per heavy atom. The van der Waals surface area contributed by atoms with E-state index in [9.17, 15) is 4.79 Å². The molecule has 4 aromatic rings. The molecule has 0 spiro atoms. The number of aromatic nitrogens is 7. The van der Waals surface area contributed by atoms with Gasteiger partial charge in [-0.25, -0.2) is 14.3 Å². The molecule has 0 N–H and O–H groups in total. The molecule has 0 unspecified atom stereocenters. The summed E-state index contributed by atoms with van der Waals surface area (Å²) in [6.07, 6.45) is 3.28. The predicted octanol–water partition coefficient (Wildman–Crippen LogP) is 1.82. The highest BCUT2D eigenvalue weighted by Gasteiger charge is 2.26. The van der Waals surface area contributed by atoms with Gasteiger partial charge in [-0.1, -0.05) is 12.1 Å². The molecule has 0 atom stereocenters. The van der Waals surface area contributed by atoms with E-state index in [1.807, 2.05) is 59.0 Å². The van der Waals surface area contributed by atoms with E-state index in [0.717, 1.165) is 41.7 Å². The molecule has 5 rings (SSSR count). The van der Waals surface area contributed by atoms with Crippen molar-refractivity contribution in [1.82, 2.24) is 39.9 Å². The Kier molecular flexibility index (Phi) is 5.10. The molecule has 32 heavy (non-hydrogen) atoms. The van der Waals surface area contributed by atoms with Gasteiger partial charge in [0.2, 0.25) is 0 Å². The number of tetrazole rings is 1. The van der Waals surface area contributed by atoms with Gasteiger partial charge < -0.3 is 9.80 Å². The van der Waals surface area contributed by atoms with E-state index in [1.165, 1.54) is 6.33 Å². The third-order valence-electron chi connectivity index (χ3n) is 5.71. The summed E-state index contributed by atoms with van der Waals surface area (Å²) in [7, 11) is 0. The molecular formula is C22H23N9O. The van der Waals surface area contributed by atoms with Crippen LogP contribution in [0.15, 0.2) is 55.0 Å². The summed E-state index contributed by atoms with van der Waals surface area (Å²) < 4.78 is 3.42. The van der Waals surface area contributed by atoms with Crippen molar-refractivity contribution < 1.29 is 4.79 Å². The van der Waals surface area contributed by atoms with Crippen LogP contribution in [0.2, 0.25) is 0 Å². The average Bonchev–Trinajstić information content (AvgIpc) is 3.48. The van der Waals surface area contributed by atoms with Crippen molar-refractivity contribution in [3.8, 4) is 11.5 Å². The van der Waals surface area contributed by atoms with Crippen LogP contribution in [0.1, 0.15) is 21.7 Å². The van der Waals surface area contributed by atoms with E-state index in [0.29, 0.717) is 18.7 Å². The quantitative estimate of drug-likeness (QED) is 0.488. The van der Waals surface area contributed by atoms with Crippen molar-refractivity contribution in [2.24, 2.45) is 0 Å². The molecule has 4 heterocycles. The van der Waals surface area contributed by atoms with Crippen molar-refractivity contribution in [3.63, 3.8) is 0 Å². The fourth-order valence-electron chi connectivity index (χ4n) is 4.17. The summed E-state index contributed by atoms with van der Waals surface area (Å²) >= 11 is 0. The number of anilines is 1. The standard InChI is InChI=1S/C22H23N9O/c1-16-21(17(2)31(25-16)20-8-3-4-9-23-20)28-10-12-29(13-11-28)22(32)18-6-5-7-19(14-18)30-15-24-26-27-30/h3-9,14-15H,10-13H2,1-2H3. The van der Waals surface area contributed by atoms with Gasteiger partial charge in [0.1, 0.15) is 6.33 Å². The zero-order chi connectivity index (χ0) is 22.1. The highest BCUT2D eigenvalue weighted by Crippen LogP contribution is 2.27. The van der Waals surface area contributed by atoms with E-state index in [2.05, 4.69) is 32.3 Å². The van der Waals surface area contributed by atoms with Gasteiger partial charge in [0.25, 0.3) is 5.91 Å². The van der Waals surface area contributed by atoms with Gasteiger partial charge in [0.15, 0.2) is 5.82 Å². The second-order valence-corrected chi connectivity index (χ2v) is 7.70. The first-order valence-electron chi connectivity index (χ1n) is 10.5. The van der Waals surface area contributed by atoms with Crippen LogP contribution in [0.25, 0.3) is 11.5 Å². The van der Waals surface area contributed by atoms with Gasteiger partial charge in [0.05, 0.1) is 22.8 Å². The van der Waals surface area contributed by atoms with Crippen LogP contribution in [-0.2, 0) is 0 Å². The fraction of sp³-hybridized carbons (Fsp3) is 0.273. The molecule has 1 aliphatic heterocycles. The van der Waals surface area contributed by atoms with Crippen molar-refractivity contribution in [1.29, 1.82) is 0 Å². The topological polar surface area (TPSA) is 97.9 Å². The maximum absolute atomic E-state index is 13.1. The van der Waals surface area contributed by atoms with Crippen LogP contribution in [0.5, 0.6) is 0 Å². The molecule has 0 bridgehead atoms. The van der Waals surface area contributed by atoms with Gasteiger partial charge in [-0.05, 0) is 54.6 Å². The number of rotatable bonds is 4. The van der Waals surface area contributed by atoms with Crippen LogP contribution in [-0.4, -0.2) is 72.0 Å². The Morgan fingerprint density at radius 1 is 1.00 bits per heavy atom. The Morgan fingerprint density at radius 2 is 1.84 bits per heavy atom. The zero-order valence-electron chi connectivity index (χ0n) is 18.0. The second-order valence-electron chi connectivity index (χ2n) is 7.70. The zero-order valence-corrected chi connectivity index (χ0v) is 18.0. The minimum atomic E-state index is 0.0113. The smallest absolute Gasteiger partial charge is 0.254 e. The number of amides is 1. The summed E-state index contributed by atoms with van der Waals surface area (Å²) in [5.41, 5.74) is 4.51. The number of aryl methyl sites for hydroxylation is 1. The van der Waals surface area contributed by atoms with Crippen LogP contribution in [0.3, 0.4) is 0 Å². The highest BCUT2D eigenvalue weighted by molar-refractivity contribution is 5.95. The fourth-order valence-corrected chi connectivity index (χ4v) is 4.17. The highest BCUT2D eigenvalue weighted by atomic mass is 16.2. The van der Waals surface area contributed by atoms with Crippen LogP contribution < -0.4 is 4.90 Å². The molecule has 10 heteroatoms. The summed E-state index contributed by atoms with van der Waals surface area (Å²) in [6.45, 7) is 6.85. The number of pyridine rings is 1. The third-order valence-corrected chi connectivity index (χ3v) is 5.71. The van der Waals surface area contributed by atoms with E-state index in [-0.39, 0.29) is 5.91 Å². The minimum absolute atomic E-state index is 0.0113. The summed E-state index contributed by atoms with van der Waals surface area (Å²) in [5.74, 6) is 0.813. The Labute approximate surface area is 185 Å². The molecule has 3 aromatic heterocycles. The lowest BCUT2D eigenvalue weighted by atomic mass is 10.1. The largest absolute Gasteiger partial charge is 0.365 e. The van der Waals surface area contributed by atoms with E-state index in [4.69, 9.17) is 5.10 Å². The number of carbonyl (C=O) groups excluding carboxylic acids is 1. The molecule has 1 aromatic carbocycles. The van der Waals surface area contributed by atoms with E-state index < -0.39 is 0 Å². The third kappa shape index (κ3) is 3.59. The molecule has 1 saturated heterocycles. The second kappa shape index (κ2) is 8.22. The SMILES string of the molecule is Cc1nn(-c2ccccn2)c(C)c1N1CCN(C(=O)c2cccc(-n3cnnn3)c2)CC1. The van der Waals surface area contributed by atoms with Crippen molar-refractivity contribution in [2.45, 2.75) is 13.8 Å². The number of hydrogen-bond acceptors (Lipinski definition) is 7. The Balaban J connectivity index is 1.30. The predicted molar refractivity (Wildman–Crippen MR) is 118 cm³/mol. The number of hydrogen-bond donors (Lipinski definition) is 0. The molecule has 1 fully saturated rings. The van der Waals surface area contributed by atoms with E-state index >= 15 is 0 Å². The Bertz CT molecular complexity index is 1230. The summed E-state index contributed by atoms with van der Waals surface area (Å²) in [6, 6.07) is 13.2. The van der Waals surface area contributed by atoms with Gasteiger partial charge in [-0.2, -0.15) is 5.10 Å². The number of benzene rings is 1. The maximum Gasteiger partial charge on any atom is 0.254 e. The molecule has 1 aliphatic rings. The lowest BCUT2D eigenvalue weighted by Crippen LogP contribution is -2.49. The first-order valence-corrected chi connectivity index (χ1v) is 10.5. The number of carbonyl (C=O) groups is 1. The van der Waals surface area contributed by atoms with E-state index in [1.54, 1.807) is 10.9 Å². The molecule has 0 aliphatic carbocycles. The van der Waals surface area contributed by atoms with Crippen molar-refractivity contribution >= 4 is 11.6 Å². The summed E-state index contributed by atoms with van der Waals surface area (Å²) in [4.78, 5) is 21.7. The monoisotopic (exact) mass is 429 g/mol. The summed E-state index contributed by atoms with van der Waals surface area (Å²) in [5, 5.41) is 15.9. The lowest BCUT2D eigenvalue weighted by Gasteiger charge is -2.36. The molecule has 0 radical (unpaired) electrons. The van der Waals surface area contributed by atoms with Crippen molar-refractivity contribution in [2.75, 3.05) is 31.1 Å². The molecule has 162 valence electrons. The van der Waals surface area contributed by atoms with Gasteiger partial charge in [-0.3, -0.25) is 4.79 Å². The molecule has 10 nitrogen and oxygen atoms in total. The van der Waals surface area contributed by atoms with Gasteiger partial charge in [-0.15, -0.1) is 5.10 Å². The minimum Gasteiger partial charge on any atom is -0.365 e. The normalized spacial score (nSPS) is 14.1. The number of nitrogens with zero attached hydrogens (tertiary/aromatic N) is 9. The molecule has 1 amide bonds. The average molecular weight is 429 g/mol. The first-order chi connectivity index (χ1) is 15.6. The van der Waals surface area contributed by atoms with Crippen LogP contribution in [0.4, 0.5) is 5.69 Å². The Hall–Kier alpha value is -4.08. The van der Waals surface area contributed by atoms with Crippen molar-refractivity contribution in [3.05, 3.63) is 71.9 Å². The van der Waals surface area contributed by atoms with Crippen LogP contribution >= 0.6 is 0 Å². The molecule has 0 saturated carbocycles. The van der Waals surface area contributed by atoms with Gasteiger partial charge in [0, 0.05) is 37.9 Å². The first kappa shape index (κ1) is 19.9. The molecular weight excluding hydrogens is 406 g/mol. The lowest BCUT2D eigenvalue weighted by molar-refractivity contribution is 0.0746.